The molecule has 4 rings (SSSR count). The number of thiol groups is 1. The van der Waals surface area contributed by atoms with E-state index in [1.165, 1.54) is 0 Å². The van der Waals surface area contributed by atoms with Crippen molar-refractivity contribution >= 4 is 59.0 Å². The molecule has 0 aliphatic carbocycles. The van der Waals surface area contributed by atoms with Gasteiger partial charge in [-0.2, -0.15) is 5.57 Å². The summed E-state index contributed by atoms with van der Waals surface area (Å²) in [5.74, 6) is 0. The summed E-state index contributed by atoms with van der Waals surface area (Å²) in [6.45, 7) is 10.1. The summed E-state index contributed by atoms with van der Waals surface area (Å²) in [5, 5.41) is 8.59. The molecule has 8 heteroatoms. The summed E-state index contributed by atoms with van der Waals surface area (Å²) in [5.41, 5.74) is 5.22. The normalized spacial score (nSPS) is 9.97. The van der Waals surface area contributed by atoms with E-state index >= 15 is 0 Å². The van der Waals surface area contributed by atoms with Gasteiger partial charge in [0.1, 0.15) is 0 Å². The molecule has 0 aliphatic heterocycles. The maximum atomic E-state index is 7.51. The van der Waals surface area contributed by atoms with E-state index in [0.29, 0.717) is 9.81 Å². The fraction of sp³-hybridized carbons (Fsp3) is 0.160. The van der Waals surface area contributed by atoms with Crippen LogP contribution >= 0.6 is 12.6 Å². The standard InChI is InChI=1S/C21H15N3S2.2C2H6.K.2Y/c22-11-17(21(25)26)15-10-19-20(23-12-15)16-8-4-5-9-18(16)24(19)13-14-6-2-1-3-7-14;2*1-2;;;/h1-10,12-13,22,25-26H;2*1-2H3;;;/q-2;;;+1;;/p-1. The average molecular weight is 650 g/mol. The first kappa shape index (κ1) is 36.2. The van der Waals surface area contributed by atoms with Crippen LogP contribution in [-0.2, 0) is 78.0 Å². The van der Waals surface area contributed by atoms with Crippen LogP contribution in [0.2, 0.25) is 0 Å². The number of hydrogen-bond donors (Lipinski definition) is 2. The van der Waals surface area contributed by atoms with E-state index in [4.69, 9.17) is 18.0 Å². The van der Waals surface area contributed by atoms with Gasteiger partial charge in [0.2, 0.25) is 0 Å². The predicted octanol–water partition coefficient (Wildman–Crippen LogP) is 3.97. The number of fused-ring (bicyclic) bond motifs is 3. The van der Waals surface area contributed by atoms with E-state index in [1.54, 1.807) is 6.20 Å². The molecule has 3 nitrogen and oxygen atoms in total. The Morgan fingerprint density at radius 3 is 2.12 bits per heavy atom. The molecule has 0 unspecified atom stereocenters. The third kappa shape index (κ3) is 9.16. The number of nitrogens with zero attached hydrogens (tertiary/aromatic N) is 2. The van der Waals surface area contributed by atoms with Crippen molar-refractivity contribution in [2.45, 2.75) is 27.7 Å². The van der Waals surface area contributed by atoms with Gasteiger partial charge in [0, 0.05) is 65.4 Å². The van der Waals surface area contributed by atoms with Crippen LogP contribution in [0.5, 0.6) is 0 Å². The molecule has 0 atom stereocenters. The molecule has 4 aromatic rings. The van der Waals surface area contributed by atoms with Crippen molar-refractivity contribution in [2.75, 3.05) is 0 Å². The molecule has 2 aromatic carbocycles. The van der Waals surface area contributed by atoms with Crippen molar-refractivity contribution in [1.29, 1.82) is 5.41 Å². The summed E-state index contributed by atoms with van der Waals surface area (Å²) in [7, 11) is 0. The van der Waals surface area contributed by atoms with Gasteiger partial charge in [0.15, 0.2) is 0 Å². The summed E-state index contributed by atoms with van der Waals surface area (Å²) in [6.07, 6.45) is 4.10. The zero-order valence-corrected chi connectivity index (χ0v) is 30.3. The minimum atomic E-state index is 0. The fourth-order valence-electron chi connectivity index (χ4n) is 3.07. The molecule has 0 aliphatic rings. The summed E-state index contributed by atoms with van der Waals surface area (Å²) < 4.78 is 2.45. The summed E-state index contributed by atoms with van der Waals surface area (Å²) in [4.78, 5) is 4.64. The molecule has 162 valence electrons. The second-order valence-corrected chi connectivity index (χ2v) is 6.98. The average Bonchev–Trinajstić information content (AvgIpc) is 3.11. The second-order valence-electron chi connectivity index (χ2n) is 5.82. The van der Waals surface area contributed by atoms with Gasteiger partial charge in [-0.05, 0) is 22.6 Å². The van der Waals surface area contributed by atoms with E-state index in [2.05, 4.69) is 59.2 Å². The van der Waals surface area contributed by atoms with Gasteiger partial charge in [-0.3, -0.25) is 4.98 Å². The van der Waals surface area contributed by atoms with Gasteiger partial charge in [-0.15, -0.1) is 29.3 Å². The van der Waals surface area contributed by atoms with Crippen LogP contribution in [0.15, 0.2) is 71.1 Å². The van der Waals surface area contributed by atoms with Crippen molar-refractivity contribution in [1.82, 2.24) is 9.55 Å². The number of rotatable bonds is 4. The number of allylic oxidation sites excluding steroid dienone is 1. The Kier molecular flexibility index (Phi) is 21.1. The molecule has 0 bridgehead atoms. The third-order valence-corrected chi connectivity index (χ3v) is 4.68. The molecule has 1 N–H and O–H groups in total. The predicted molar refractivity (Wildman–Crippen MR) is 136 cm³/mol. The molecular formula is C25H26KN3S2Y2-2. The topological polar surface area (TPSA) is 41.7 Å². The Morgan fingerprint density at radius 1 is 0.970 bits per heavy atom. The molecule has 2 radical (unpaired) electrons. The number of pyridine rings is 1. The van der Waals surface area contributed by atoms with Gasteiger partial charge in [-0.1, -0.05) is 82.9 Å². The zero-order chi connectivity index (χ0) is 22.1. The van der Waals surface area contributed by atoms with Crippen molar-refractivity contribution < 1.29 is 117 Å². The first-order chi connectivity index (χ1) is 14.7. The Labute approximate surface area is 301 Å². The van der Waals surface area contributed by atoms with Crippen LogP contribution in [0.25, 0.3) is 27.5 Å². The van der Waals surface area contributed by atoms with Gasteiger partial charge in [0.05, 0.1) is 5.52 Å². The van der Waals surface area contributed by atoms with E-state index in [1.807, 2.05) is 64.1 Å². The maximum absolute atomic E-state index is 7.51. The van der Waals surface area contributed by atoms with Crippen LogP contribution in [0, 0.1) is 12.0 Å². The molecule has 0 amide bonds. The molecule has 2 heterocycles. The SMILES string of the molecule is CC.CC.N=[C-]/C(=C(/[S-])S)c1cnc2c3ccccc3n([CH-]c3ccccc3)c2c1.[K+].[Y].[Y]. The molecular weight excluding hydrogens is 623 g/mol. The van der Waals surface area contributed by atoms with E-state index in [9.17, 15) is 0 Å². The summed E-state index contributed by atoms with van der Waals surface area (Å²) >= 11 is 9.33. The Balaban J connectivity index is 0. The Bertz CT molecular complexity index is 1160. The van der Waals surface area contributed by atoms with Crippen LogP contribution in [-0.4, -0.2) is 15.8 Å². The minimum absolute atomic E-state index is 0. The van der Waals surface area contributed by atoms with Gasteiger partial charge in [-0.25, -0.2) is 16.9 Å². The molecule has 0 spiro atoms. The maximum Gasteiger partial charge on any atom is 1.00 e. The number of nitrogens with one attached hydrogen (secondary N) is 1. The largest absolute Gasteiger partial charge is 1.00 e. The third-order valence-electron chi connectivity index (χ3n) is 4.25. The van der Waals surface area contributed by atoms with Gasteiger partial charge < -0.3 is 22.6 Å². The van der Waals surface area contributed by atoms with Crippen molar-refractivity contribution in [3.8, 4) is 0 Å². The van der Waals surface area contributed by atoms with Crippen LogP contribution in [0.4, 0.5) is 0 Å². The van der Waals surface area contributed by atoms with E-state index in [-0.39, 0.29) is 117 Å². The summed E-state index contributed by atoms with van der Waals surface area (Å²) in [6, 6.07) is 20.3. The van der Waals surface area contributed by atoms with Gasteiger partial charge in [0.25, 0.3) is 0 Å². The number of aromatic nitrogens is 2. The monoisotopic (exact) mass is 649 g/mol. The van der Waals surface area contributed by atoms with E-state index in [0.717, 1.165) is 33.1 Å². The van der Waals surface area contributed by atoms with Crippen LogP contribution in [0.3, 0.4) is 0 Å². The first-order valence-electron chi connectivity index (χ1n) is 10.0. The fourth-order valence-corrected chi connectivity index (χ4v) is 3.43. The van der Waals surface area contributed by atoms with Crippen molar-refractivity contribution in [2.24, 2.45) is 0 Å². The molecule has 0 saturated carbocycles. The first-order valence-corrected chi connectivity index (χ1v) is 10.9. The van der Waals surface area contributed by atoms with Gasteiger partial charge >= 0.3 is 51.4 Å². The number of para-hydroxylation sites is 1. The van der Waals surface area contributed by atoms with Crippen molar-refractivity contribution in [3.63, 3.8) is 0 Å². The quantitative estimate of drug-likeness (QED) is 0.116. The molecule has 33 heavy (non-hydrogen) atoms. The number of benzene rings is 2. The Morgan fingerprint density at radius 2 is 1.55 bits per heavy atom. The second kappa shape index (κ2) is 19.2. The molecule has 0 saturated heterocycles. The smallest absolute Gasteiger partial charge is 0.852 e. The molecule has 0 fully saturated rings. The van der Waals surface area contributed by atoms with Crippen LogP contribution in [0.1, 0.15) is 38.8 Å². The minimum Gasteiger partial charge on any atom is -0.852 e. The number of hydrogen-bond acceptors (Lipinski definition) is 4. The van der Waals surface area contributed by atoms with Crippen LogP contribution < -0.4 is 51.4 Å². The van der Waals surface area contributed by atoms with E-state index < -0.39 is 0 Å². The zero-order valence-electron chi connectivity index (χ0n) is 19.8. The molecule has 2 aromatic heterocycles. The van der Waals surface area contributed by atoms with Crippen molar-refractivity contribution in [3.05, 3.63) is 88.8 Å². The Hall–Kier alpha value is 1.08.